The van der Waals surface area contributed by atoms with Gasteiger partial charge in [-0.25, -0.2) is 0 Å². The molecule has 0 amide bonds. The minimum Gasteiger partial charge on any atom is -0.361 e. The highest BCUT2D eigenvalue weighted by molar-refractivity contribution is 5.85. The Hall–Kier alpha value is -1.84. The van der Waals surface area contributed by atoms with E-state index in [-0.39, 0.29) is 10.6 Å². The molecule has 1 fully saturated rings. The Labute approximate surface area is 112 Å². The van der Waals surface area contributed by atoms with Gasteiger partial charge in [-0.3, -0.25) is 10.1 Å². The zero-order valence-electron chi connectivity index (χ0n) is 10.9. The van der Waals surface area contributed by atoms with Gasteiger partial charge in [0.15, 0.2) is 0 Å². The number of nitro groups is 1. The lowest BCUT2D eigenvalue weighted by Crippen LogP contribution is -1.95. The number of rotatable bonds is 4. The first-order valence-electron chi connectivity index (χ1n) is 6.98. The summed E-state index contributed by atoms with van der Waals surface area (Å²) in [5.74, 6) is 0.851. The van der Waals surface area contributed by atoms with E-state index in [9.17, 15) is 10.1 Å². The second-order valence-corrected chi connectivity index (χ2v) is 5.49. The fourth-order valence-electron chi connectivity index (χ4n) is 3.15. The third-order valence-electron chi connectivity index (χ3n) is 4.26. The van der Waals surface area contributed by atoms with E-state index in [1.54, 1.807) is 18.2 Å². The number of nitro benzene ring substituents is 1. The number of H-pyrrole nitrogens is 1. The van der Waals surface area contributed by atoms with Gasteiger partial charge in [0, 0.05) is 29.2 Å². The van der Waals surface area contributed by atoms with E-state index in [1.807, 2.05) is 6.20 Å². The van der Waals surface area contributed by atoms with Gasteiger partial charge in [-0.1, -0.05) is 25.7 Å². The molecule has 100 valence electrons. The van der Waals surface area contributed by atoms with Crippen LogP contribution in [0.15, 0.2) is 24.4 Å². The van der Waals surface area contributed by atoms with Gasteiger partial charge in [-0.05, 0) is 30.4 Å². The van der Waals surface area contributed by atoms with Crippen LogP contribution in [0.3, 0.4) is 0 Å². The largest absolute Gasteiger partial charge is 0.361 e. The maximum Gasteiger partial charge on any atom is 0.270 e. The van der Waals surface area contributed by atoms with Crippen molar-refractivity contribution < 1.29 is 4.92 Å². The second kappa shape index (κ2) is 5.03. The van der Waals surface area contributed by atoms with E-state index >= 15 is 0 Å². The van der Waals surface area contributed by atoms with Gasteiger partial charge >= 0.3 is 0 Å². The van der Waals surface area contributed by atoms with Crippen molar-refractivity contribution >= 4 is 16.6 Å². The number of fused-ring (bicyclic) bond motifs is 1. The number of nitrogens with one attached hydrogen (secondary N) is 1. The standard InChI is InChI=1S/C15H18N2O2/c18-17(19)13-7-8-15-14(9-13)12(10-16-15)6-5-11-3-1-2-4-11/h7-11,16H,1-6H2. The van der Waals surface area contributed by atoms with Crippen LogP contribution in [0.2, 0.25) is 0 Å². The monoisotopic (exact) mass is 258 g/mol. The fraction of sp³-hybridized carbons (Fsp3) is 0.467. The topological polar surface area (TPSA) is 58.9 Å². The first kappa shape index (κ1) is 12.2. The lowest BCUT2D eigenvalue weighted by Gasteiger charge is -2.07. The predicted octanol–water partition coefficient (Wildman–Crippen LogP) is 4.20. The number of aromatic amines is 1. The third-order valence-corrected chi connectivity index (χ3v) is 4.26. The predicted molar refractivity (Wildman–Crippen MR) is 75.2 cm³/mol. The molecule has 1 aliphatic carbocycles. The van der Waals surface area contributed by atoms with Crippen LogP contribution in [-0.2, 0) is 6.42 Å². The van der Waals surface area contributed by atoms with Crippen molar-refractivity contribution in [2.45, 2.75) is 38.5 Å². The molecule has 0 unspecified atom stereocenters. The van der Waals surface area contributed by atoms with Crippen LogP contribution < -0.4 is 0 Å². The molecule has 1 saturated carbocycles. The van der Waals surface area contributed by atoms with Crippen LogP contribution in [0, 0.1) is 16.0 Å². The smallest absolute Gasteiger partial charge is 0.270 e. The van der Waals surface area contributed by atoms with Crippen molar-refractivity contribution in [1.29, 1.82) is 0 Å². The molecule has 4 heteroatoms. The normalized spacial score (nSPS) is 16.2. The van der Waals surface area contributed by atoms with Gasteiger partial charge in [-0.15, -0.1) is 0 Å². The Morgan fingerprint density at radius 3 is 2.84 bits per heavy atom. The number of aromatic nitrogens is 1. The van der Waals surface area contributed by atoms with Gasteiger partial charge in [-0.2, -0.15) is 0 Å². The molecule has 0 atom stereocenters. The summed E-state index contributed by atoms with van der Waals surface area (Å²) in [6.07, 6.45) is 9.66. The minimum atomic E-state index is -0.326. The molecule has 0 spiro atoms. The third kappa shape index (κ3) is 2.48. The highest BCUT2D eigenvalue weighted by Crippen LogP contribution is 2.30. The molecule has 0 aliphatic heterocycles. The van der Waals surface area contributed by atoms with Gasteiger partial charge in [0.1, 0.15) is 0 Å². The minimum absolute atomic E-state index is 0.175. The second-order valence-electron chi connectivity index (χ2n) is 5.49. The van der Waals surface area contributed by atoms with Crippen LogP contribution >= 0.6 is 0 Å². The van der Waals surface area contributed by atoms with Gasteiger partial charge < -0.3 is 4.98 Å². The van der Waals surface area contributed by atoms with Crippen molar-refractivity contribution in [3.63, 3.8) is 0 Å². The van der Waals surface area contributed by atoms with Crippen LogP contribution in [0.5, 0.6) is 0 Å². The lowest BCUT2D eigenvalue weighted by atomic mass is 9.98. The highest BCUT2D eigenvalue weighted by Gasteiger charge is 2.16. The Balaban J connectivity index is 1.81. The summed E-state index contributed by atoms with van der Waals surface area (Å²) in [4.78, 5) is 13.7. The summed E-state index contributed by atoms with van der Waals surface area (Å²) in [7, 11) is 0. The highest BCUT2D eigenvalue weighted by atomic mass is 16.6. The molecule has 1 aromatic heterocycles. The van der Waals surface area contributed by atoms with Crippen LogP contribution in [0.1, 0.15) is 37.7 Å². The number of benzene rings is 1. The zero-order chi connectivity index (χ0) is 13.2. The Bertz CT molecular complexity index is 597. The van der Waals surface area contributed by atoms with E-state index in [1.165, 1.54) is 37.7 Å². The Kier molecular flexibility index (Phi) is 3.23. The summed E-state index contributed by atoms with van der Waals surface area (Å²) in [6.45, 7) is 0. The number of nitrogens with zero attached hydrogens (tertiary/aromatic N) is 1. The number of hydrogen-bond donors (Lipinski definition) is 1. The molecular formula is C15H18N2O2. The van der Waals surface area contributed by atoms with Gasteiger partial charge in [0.2, 0.25) is 0 Å². The molecule has 3 rings (SSSR count). The molecule has 19 heavy (non-hydrogen) atoms. The first-order chi connectivity index (χ1) is 9.24. The van der Waals surface area contributed by atoms with Crippen molar-refractivity contribution in [2.75, 3.05) is 0 Å². The van der Waals surface area contributed by atoms with Crippen LogP contribution in [-0.4, -0.2) is 9.91 Å². The van der Waals surface area contributed by atoms with E-state index in [4.69, 9.17) is 0 Å². The number of hydrogen-bond acceptors (Lipinski definition) is 2. The van der Waals surface area contributed by atoms with E-state index in [2.05, 4.69) is 4.98 Å². The lowest BCUT2D eigenvalue weighted by molar-refractivity contribution is -0.384. The van der Waals surface area contributed by atoms with Crippen LogP contribution in [0.4, 0.5) is 5.69 Å². The average Bonchev–Trinajstić information content (AvgIpc) is 3.05. The molecule has 0 saturated heterocycles. The number of aryl methyl sites for hydroxylation is 1. The SMILES string of the molecule is O=[N+]([O-])c1ccc2[nH]cc(CCC3CCCC3)c2c1. The molecule has 1 heterocycles. The first-order valence-corrected chi connectivity index (χ1v) is 6.98. The summed E-state index contributed by atoms with van der Waals surface area (Å²) in [6, 6.07) is 5.04. The van der Waals surface area contributed by atoms with E-state index < -0.39 is 0 Å². The molecule has 0 radical (unpaired) electrons. The molecule has 1 N–H and O–H groups in total. The van der Waals surface area contributed by atoms with Gasteiger partial charge in [0.05, 0.1) is 4.92 Å². The Morgan fingerprint density at radius 1 is 1.32 bits per heavy atom. The molecule has 4 nitrogen and oxygen atoms in total. The summed E-state index contributed by atoms with van der Waals surface area (Å²) >= 11 is 0. The molecule has 1 aromatic carbocycles. The van der Waals surface area contributed by atoms with Crippen molar-refractivity contribution in [3.8, 4) is 0 Å². The van der Waals surface area contributed by atoms with E-state index in [0.29, 0.717) is 0 Å². The Morgan fingerprint density at radius 2 is 2.11 bits per heavy atom. The molecule has 1 aliphatic rings. The molecule has 0 bridgehead atoms. The molecule has 2 aromatic rings. The van der Waals surface area contributed by atoms with Gasteiger partial charge in [0.25, 0.3) is 5.69 Å². The molecular weight excluding hydrogens is 240 g/mol. The zero-order valence-corrected chi connectivity index (χ0v) is 10.9. The summed E-state index contributed by atoms with van der Waals surface area (Å²) in [5.41, 5.74) is 2.38. The quantitative estimate of drug-likeness (QED) is 0.660. The summed E-state index contributed by atoms with van der Waals surface area (Å²) < 4.78 is 0. The van der Waals surface area contributed by atoms with Crippen molar-refractivity contribution in [1.82, 2.24) is 4.98 Å². The van der Waals surface area contributed by atoms with Crippen molar-refractivity contribution in [2.24, 2.45) is 5.92 Å². The van der Waals surface area contributed by atoms with Crippen LogP contribution in [0.25, 0.3) is 10.9 Å². The van der Waals surface area contributed by atoms with E-state index in [0.717, 1.165) is 23.2 Å². The number of non-ortho nitro benzene ring substituents is 1. The van der Waals surface area contributed by atoms with Crippen molar-refractivity contribution in [3.05, 3.63) is 40.1 Å². The fourth-order valence-corrected chi connectivity index (χ4v) is 3.15. The summed E-state index contributed by atoms with van der Waals surface area (Å²) in [5, 5.41) is 11.8. The maximum absolute atomic E-state index is 10.8. The maximum atomic E-state index is 10.8. The average molecular weight is 258 g/mol.